The van der Waals surface area contributed by atoms with Crippen LogP contribution in [0.3, 0.4) is 0 Å². The Kier molecular flexibility index (Phi) is 6.25. The van der Waals surface area contributed by atoms with Crippen LogP contribution < -0.4 is 11.3 Å². The monoisotopic (exact) mass is 255 g/mol. The summed E-state index contributed by atoms with van der Waals surface area (Å²) >= 11 is 1.76. The number of hydrazine groups is 1. The Morgan fingerprint density at radius 1 is 1.41 bits per heavy atom. The van der Waals surface area contributed by atoms with Crippen LogP contribution in [0.2, 0.25) is 0 Å². The van der Waals surface area contributed by atoms with E-state index < -0.39 is 0 Å². The maximum atomic E-state index is 5.47. The lowest BCUT2D eigenvalue weighted by Crippen LogP contribution is -2.15. The molecule has 0 unspecified atom stereocenters. The molecular weight excluding hydrogens is 234 g/mol. The van der Waals surface area contributed by atoms with Gasteiger partial charge in [0, 0.05) is 17.9 Å². The minimum absolute atomic E-state index is 0.745. The van der Waals surface area contributed by atoms with Gasteiger partial charge in [-0.3, -0.25) is 0 Å². The zero-order valence-corrected chi connectivity index (χ0v) is 11.5. The molecule has 0 aliphatic carbocycles. The fourth-order valence-electron chi connectivity index (χ4n) is 1.45. The Morgan fingerprint density at radius 3 is 2.76 bits per heavy atom. The minimum Gasteiger partial charge on any atom is -0.309 e. The second-order valence-corrected chi connectivity index (χ2v) is 5.14. The summed E-state index contributed by atoms with van der Waals surface area (Å²) in [5.41, 5.74) is 3.77. The Hall–Kier alpha value is -0.850. The smallest absolute Gasteiger partial charge is 0.147 e. The number of hydrogen-bond donors (Lipinski definition) is 2. The second-order valence-electron chi connectivity index (χ2n) is 4.05. The normalized spacial score (nSPS) is 10.9. The van der Waals surface area contributed by atoms with Gasteiger partial charge in [-0.15, -0.1) is 11.8 Å². The molecule has 0 saturated carbocycles. The Morgan fingerprint density at radius 2 is 2.18 bits per heavy atom. The van der Waals surface area contributed by atoms with Crippen molar-refractivity contribution in [3.63, 3.8) is 0 Å². The fourth-order valence-corrected chi connectivity index (χ4v) is 2.59. The van der Waals surface area contributed by atoms with Gasteiger partial charge in [-0.1, -0.05) is 13.3 Å². The fraction of sp³-hybridized carbons (Fsp3) is 0.636. The van der Waals surface area contributed by atoms with Crippen molar-refractivity contribution in [2.75, 3.05) is 31.8 Å². The van der Waals surface area contributed by atoms with Gasteiger partial charge in [0.2, 0.25) is 0 Å². The van der Waals surface area contributed by atoms with E-state index in [1.165, 1.54) is 0 Å². The molecular formula is C11H21N5S. The number of hydrogen-bond acceptors (Lipinski definition) is 6. The molecule has 0 spiro atoms. The number of nitrogens with two attached hydrogens (primary N) is 1. The summed E-state index contributed by atoms with van der Waals surface area (Å²) < 4.78 is 0. The molecule has 1 rings (SSSR count). The lowest BCUT2D eigenvalue weighted by atomic mass is 10.2. The number of nitrogens with zero attached hydrogens (tertiary/aromatic N) is 3. The van der Waals surface area contributed by atoms with Gasteiger partial charge in [0.1, 0.15) is 17.2 Å². The first-order valence-electron chi connectivity index (χ1n) is 5.77. The van der Waals surface area contributed by atoms with Crippen molar-refractivity contribution in [3.8, 4) is 0 Å². The number of anilines is 1. The van der Waals surface area contributed by atoms with Gasteiger partial charge in [-0.2, -0.15) is 0 Å². The molecule has 0 aliphatic rings. The molecule has 0 aromatic carbocycles. The molecule has 17 heavy (non-hydrogen) atoms. The Labute approximate surface area is 107 Å². The van der Waals surface area contributed by atoms with Crippen molar-refractivity contribution < 1.29 is 0 Å². The summed E-state index contributed by atoms with van der Waals surface area (Å²) in [7, 11) is 4.14. The molecule has 0 aliphatic heterocycles. The third-order valence-corrected chi connectivity index (χ3v) is 3.33. The number of rotatable bonds is 7. The standard InChI is InChI=1S/C11H21N5S/c1-4-5-9-10(15-12)13-8-14-11(9)17-7-6-16(2)3/h8H,4-7,12H2,1-3H3,(H,13,14,15). The third kappa shape index (κ3) is 4.49. The molecule has 0 radical (unpaired) electrons. The van der Waals surface area contributed by atoms with E-state index in [0.717, 1.165) is 41.5 Å². The van der Waals surface area contributed by atoms with Gasteiger partial charge in [0.05, 0.1) is 0 Å². The van der Waals surface area contributed by atoms with Gasteiger partial charge in [0.25, 0.3) is 0 Å². The summed E-state index contributed by atoms with van der Waals surface area (Å²) in [5, 5.41) is 1.04. The molecule has 0 amide bonds. The highest BCUT2D eigenvalue weighted by atomic mass is 32.2. The van der Waals surface area contributed by atoms with Crippen LogP contribution in [-0.2, 0) is 6.42 Å². The molecule has 0 bridgehead atoms. The highest BCUT2D eigenvalue weighted by molar-refractivity contribution is 7.99. The molecule has 5 nitrogen and oxygen atoms in total. The zero-order valence-electron chi connectivity index (χ0n) is 10.7. The van der Waals surface area contributed by atoms with Crippen LogP contribution in [0.15, 0.2) is 11.4 Å². The molecule has 0 atom stereocenters. The molecule has 96 valence electrons. The minimum atomic E-state index is 0.745. The topological polar surface area (TPSA) is 67.1 Å². The average Bonchev–Trinajstić information content (AvgIpc) is 2.30. The SMILES string of the molecule is CCCc1c(NN)ncnc1SCCN(C)C. The number of aromatic nitrogens is 2. The molecule has 6 heteroatoms. The van der Waals surface area contributed by atoms with Gasteiger partial charge in [0.15, 0.2) is 0 Å². The van der Waals surface area contributed by atoms with Crippen LogP contribution in [0.4, 0.5) is 5.82 Å². The van der Waals surface area contributed by atoms with Gasteiger partial charge in [-0.05, 0) is 20.5 Å². The van der Waals surface area contributed by atoms with E-state index in [4.69, 9.17) is 5.84 Å². The molecule has 0 saturated heterocycles. The summed E-state index contributed by atoms with van der Waals surface area (Å²) in [6, 6.07) is 0. The van der Waals surface area contributed by atoms with Crippen molar-refractivity contribution in [2.45, 2.75) is 24.8 Å². The van der Waals surface area contributed by atoms with E-state index in [0.29, 0.717) is 0 Å². The summed E-state index contributed by atoms with van der Waals surface area (Å²) in [6.45, 7) is 3.17. The van der Waals surface area contributed by atoms with Crippen LogP contribution in [-0.4, -0.2) is 41.3 Å². The highest BCUT2D eigenvalue weighted by Gasteiger charge is 2.10. The molecule has 1 aromatic heterocycles. The largest absolute Gasteiger partial charge is 0.309 e. The third-order valence-electron chi connectivity index (χ3n) is 2.32. The number of nitrogens with one attached hydrogen (secondary N) is 1. The lowest BCUT2D eigenvalue weighted by molar-refractivity contribution is 0.437. The predicted molar refractivity (Wildman–Crippen MR) is 73.1 cm³/mol. The van der Waals surface area contributed by atoms with E-state index >= 15 is 0 Å². The molecule has 3 N–H and O–H groups in total. The maximum Gasteiger partial charge on any atom is 0.147 e. The van der Waals surface area contributed by atoms with Crippen LogP contribution in [0.5, 0.6) is 0 Å². The lowest BCUT2D eigenvalue weighted by Gasteiger charge is -2.12. The van der Waals surface area contributed by atoms with E-state index in [1.807, 2.05) is 0 Å². The molecule has 1 aromatic rings. The number of thioether (sulfide) groups is 1. The van der Waals surface area contributed by atoms with E-state index in [9.17, 15) is 0 Å². The van der Waals surface area contributed by atoms with Gasteiger partial charge >= 0.3 is 0 Å². The first-order chi connectivity index (χ1) is 8.19. The van der Waals surface area contributed by atoms with Crippen molar-refractivity contribution in [3.05, 3.63) is 11.9 Å². The summed E-state index contributed by atoms with van der Waals surface area (Å²) in [6.07, 6.45) is 3.57. The Balaban J connectivity index is 2.75. The van der Waals surface area contributed by atoms with Crippen LogP contribution in [0, 0.1) is 0 Å². The van der Waals surface area contributed by atoms with E-state index in [1.54, 1.807) is 18.1 Å². The highest BCUT2D eigenvalue weighted by Crippen LogP contribution is 2.25. The predicted octanol–water partition coefficient (Wildman–Crippen LogP) is 1.37. The van der Waals surface area contributed by atoms with Crippen molar-refractivity contribution in [1.29, 1.82) is 0 Å². The van der Waals surface area contributed by atoms with Gasteiger partial charge in [-0.25, -0.2) is 15.8 Å². The van der Waals surface area contributed by atoms with Crippen molar-refractivity contribution >= 4 is 17.6 Å². The molecule has 1 heterocycles. The summed E-state index contributed by atoms with van der Waals surface area (Å²) in [5.74, 6) is 7.23. The van der Waals surface area contributed by atoms with Crippen LogP contribution >= 0.6 is 11.8 Å². The van der Waals surface area contributed by atoms with Crippen molar-refractivity contribution in [1.82, 2.24) is 14.9 Å². The molecule has 0 fully saturated rings. The van der Waals surface area contributed by atoms with E-state index in [2.05, 4.69) is 41.3 Å². The first kappa shape index (κ1) is 14.2. The summed E-state index contributed by atoms with van der Waals surface area (Å²) in [4.78, 5) is 10.7. The quantitative estimate of drug-likeness (QED) is 0.332. The van der Waals surface area contributed by atoms with E-state index in [-0.39, 0.29) is 0 Å². The average molecular weight is 255 g/mol. The maximum absolute atomic E-state index is 5.47. The Bertz CT molecular complexity index is 343. The van der Waals surface area contributed by atoms with Crippen LogP contribution in [0.1, 0.15) is 18.9 Å². The number of nitrogen functional groups attached to an aromatic ring is 1. The first-order valence-corrected chi connectivity index (χ1v) is 6.75. The van der Waals surface area contributed by atoms with Gasteiger partial charge < -0.3 is 10.3 Å². The second kappa shape index (κ2) is 7.47. The zero-order chi connectivity index (χ0) is 12.7. The van der Waals surface area contributed by atoms with Crippen LogP contribution in [0.25, 0.3) is 0 Å². The van der Waals surface area contributed by atoms with Crippen molar-refractivity contribution in [2.24, 2.45) is 5.84 Å².